The van der Waals surface area contributed by atoms with Gasteiger partial charge in [-0.3, -0.25) is 4.79 Å². The molecule has 1 N–H and O–H groups in total. The number of fused-ring (bicyclic) bond motifs is 1. The minimum atomic E-state index is -0.641. The number of benzene rings is 1. The summed E-state index contributed by atoms with van der Waals surface area (Å²) >= 11 is 0. The Hall–Kier alpha value is -3.29. The number of aromatic nitrogens is 3. The van der Waals surface area contributed by atoms with Gasteiger partial charge >= 0.3 is 5.97 Å². The smallest absolute Gasteiger partial charge is 0.339 e. The van der Waals surface area contributed by atoms with Gasteiger partial charge in [-0.15, -0.1) is 0 Å². The molecule has 2 aromatic heterocycles. The van der Waals surface area contributed by atoms with E-state index in [1.807, 2.05) is 27.7 Å². The van der Waals surface area contributed by atoms with E-state index in [1.54, 1.807) is 36.0 Å². The zero-order valence-corrected chi connectivity index (χ0v) is 17.7. The number of carbonyl (C=O) groups is 2. The molecule has 0 radical (unpaired) electrons. The molecule has 1 aromatic carbocycles. The molecule has 0 aliphatic rings. The predicted molar refractivity (Wildman–Crippen MR) is 112 cm³/mol. The molecule has 0 aliphatic carbocycles. The lowest BCUT2D eigenvalue weighted by atomic mass is 10.1. The standard InChI is InChI=1S/C22H25FN4O3/c1-12(2)19-9-16(17-10-24-27(13(3)4)21(17)26-19)22(29)30-11-20(28)25-15-7-6-14(5)18(23)8-15/h6-10,12-13H,11H2,1-5H3,(H,25,28). The molecule has 0 spiro atoms. The molecular formula is C22H25FN4O3. The Morgan fingerprint density at radius 1 is 1.20 bits per heavy atom. The molecule has 0 bridgehead atoms. The Balaban J connectivity index is 1.79. The number of ether oxygens (including phenoxy) is 1. The van der Waals surface area contributed by atoms with Crippen molar-refractivity contribution in [3.8, 4) is 0 Å². The second kappa shape index (κ2) is 8.61. The minimum absolute atomic E-state index is 0.0713. The normalized spacial score (nSPS) is 11.3. The number of amides is 1. The van der Waals surface area contributed by atoms with E-state index in [1.165, 1.54) is 6.07 Å². The van der Waals surface area contributed by atoms with Crippen molar-refractivity contribution in [2.24, 2.45) is 0 Å². The van der Waals surface area contributed by atoms with Gasteiger partial charge in [-0.05, 0) is 50.5 Å². The summed E-state index contributed by atoms with van der Waals surface area (Å²) in [4.78, 5) is 29.5. The number of esters is 1. The van der Waals surface area contributed by atoms with Crippen LogP contribution in [0.25, 0.3) is 11.0 Å². The summed E-state index contributed by atoms with van der Waals surface area (Å²) in [6.07, 6.45) is 1.58. The number of pyridine rings is 1. The highest BCUT2D eigenvalue weighted by Gasteiger charge is 2.20. The molecule has 30 heavy (non-hydrogen) atoms. The first-order valence-corrected chi connectivity index (χ1v) is 9.78. The molecule has 0 atom stereocenters. The van der Waals surface area contributed by atoms with Gasteiger partial charge < -0.3 is 10.1 Å². The SMILES string of the molecule is Cc1ccc(NC(=O)COC(=O)c2cc(C(C)C)nc3c2cnn3C(C)C)cc1F. The van der Waals surface area contributed by atoms with Gasteiger partial charge in [-0.25, -0.2) is 18.9 Å². The Kier molecular flexibility index (Phi) is 6.14. The summed E-state index contributed by atoms with van der Waals surface area (Å²) in [6, 6.07) is 6.11. The Morgan fingerprint density at radius 2 is 1.93 bits per heavy atom. The highest BCUT2D eigenvalue weighted by Crippen LogP contribution is 2.25. The average Bonchev–Trinajstić information content (AvgIpc) is 3.12. The number of rotatable bonds is 6. The van der Waals surface area contributed by atoms with Crippen molar-refractivity contribution >= 4 is 28.6 Å². The first-order chi connectivity index (χ1) is 14.2. The number of carbonyl (C=O) groups excluding carboxylic acids is 2. The van der Waals surface area contributed by atoms with Crippen LogP contribution in [0, 0.1) is 12.7 Å². The van der Waals surface area contributed by atoms with Crippen LogP contribution in [0.4, 0.5) is 10.1 Å². The third-order valence-corrected chi connectivity index (χ3v) is 4.68. The second-order valence-electron chi connectivity index (χ2n) is 7.76. The van der Waals surface area contributed by atoms with Gasteiger partial charge in [-0.2, -0.15) is 5.10 Å². The van der Waals surface area contributed by atoms with E-state index in [0.29, 0.717) is 27.8 Å². The molecule has 0 saturated heterocycles. The maximum atomic E-state index is 13.6. The molecule has 3 aromatic rings. The first kappa shape index (κ1) is 21.4. The summed E-state index contributed by atoms with van der Waals surface area (Å²) in [5.41, 5.74) is 2.42. The van der Waals surface area contributed by atoms with Crippen LogP contribution >= 0.6 is 0 Å². The summed E-state index contributed by atoms with van der Waals surface area (Å²) < 4.78 is 20.6. The molecular weight excluding hydrogens is 387 g/mol. The fourth-order valence-electron chi connectivity index (χ4n) is 2.96. The molecule has 0 aliphatic heterocycles. The Morgan fingerprint density at radius 3 is 2.57 bits per heavy atom. The van der Waals surface area contributed by atoms with Gasteiger partial charge in [0.25, 0.3) is 5.91 Å². The predicted octanol–water partition coefficient (Wildman–Crippen LogP) is 4.38. The third-order valence-electron chi connectivity index (χ3n) is 4.68. The van der Waals surface area contributed by atoms with Crippen molar-refractivity contribution in [3.05, 3.63) is 53.1 Å². The van der Waals surface area contributed by atoms with E-state index in [2.05, 4.69) is 15.4 Å². The molecule has 8 heteroatoms. The van der Waals surface area contributed by atoms with Crippen molar-refractivity contribution in [1.82, 2.24) is 14.8 Å². The number of nitrogens with one attached hydrogen (secondary N) is 1. The van der Waals surface area contributed by atoms with Gasteiger partial charge in [-0.1, -0.05) is 19.9 Å². The summed E-state index contributed by atoms with van der Waals surface area (Å²) in [7, 11) is 0. The number of hydrogen-bond acceptors (Lipinski definition) is 5. The number of aryl methyl sites for hydroxylation is 1. The van der Waals surface area contributed by atoms with Crippen LogP contribution in [0.3, 0.4) is 0 Å². The summed E-state index contributed by atoms with van der Waals surface area (Å²) in [5, 5.41) is 7.42. The lowest BCUT2D eigenvalue weighted by molar-refractivity contribution is -0.119. The van der Waals surface area contributed by atoms with Gasteiger partial charge in [0.1, 0.15) is 5.82 Å². The van der Waals surface area contributed by atoms with Crippen LogP contribution in [0.1, 0.15) is 61.3 Å². The van der Waals surface area contributed by atoms with Crippen molar-refractivity contribution in [1.29, 1.82) is 0 Å². The van der Waals surface area contributed by atoms with Crippen LogP contribution in [-0.2, 0) is 9.53 Å². The molecule has 0 saturated carbocycles. The number of halogens is 1. The zero-order chi connectivity index (χ0) is 22.0. The van der Waals surface area contributed by atoms with Gasteiger partial charge in [0, 0.05) is 17.4 Å². The molecule has 2 heterocycles. The van der Waals surface area contributed by atoms with Crippen molar-refractivity contribution in [2.75, 3.05) is 11.9 Å². The molecule has 3 rings (SSSR count). The summed E-state index contributed by atoms with van der Waals surface area (Å²) in [6.45, 7) is 9.05. The van der Waals surface area contributed by atoms with Crippen molar-refractivity contribution in [2.45, 2.75) is 46.6 Å². The maximum Gasteiger partial charge on any atom is 0.339 e. The van der Waals surface area contributed by atoms with Crippen LogP contribution in [0.15, 0.2) is 30.5 Å². The fraction of sp³-hybridized carbons (Fsp3) is 0.364. The van der Waals surface area contributed by atoms with E-state index in [-0.39, 0.29) is 12.0 Å². The highest BCUT2D eigenvalue weighted by atomic mass is 19.1. The quantitative estimate of drug-likeness (QED) is 0.607. The highest BCUT2D eigenvalue weighted by molar-refractivity contribution is 6.03. The molecule has 158 valence electrons. The van der Waals surface area contributed by atoms with Crippen LogP contribution < -0.4 is 5.32 Å². The third kappa shape index (κ3) is 4.48. The van der Waals surface area contributed by atoms with E-state index in [4.69, 9.17) is 4.74 Å². The molecule has 0 fully saturated rings. The number of hydrogen-bond donors (Lipinski definition) is 1. The van der Waals surface area contributed by atoms with Gasteiger partial charge in [0.05, 0.1) is 17.1 Å². The van der Waals surface area contributed by atoms with Crippen LogP contribution in [-0.4, -0.2) is 33.2 Å². The monoisotopic (exact) mass is 412 g/mol. The van der Waals surface area contributed by atoms with E-state index in [0.717, 1.165) is 5.69 Å². The Bertz CT molecular complexity index is 1110. The lowest BCUT2D eigenvalue weighted by Gasteiger charge is -2.12. The average molecular weight is 412 g/mol. The van der Waals surface area contributed by atoms with E-state index in [9.17, 15) is 14.0 Å². The van der Waals surface area contributed by atoms with Crippen molar-refractivity contribution < 1.29 is 18.7 Å². The Labute approximate surface area is 174 Å². The lowest BCUT2D eigenvalue weighted by Crippen LogP contribution is -2.21. The minimum Gasteiger partial charge on any atom is -0.452 e. The van der Waals surface area contributed by atoms with Gasteiger partial charge in [0.15, 0.2) is 12.3 Å². The molecule has 7 nitrogen and oxygen atoms in total. The van der Waals surface area contributed by atoms with Crippen molar-refractivity contribution in [3.63, 3.8) is 0 Å². The second-order valence-corrected chi connectivity index (χ2v) is 7.76. The van der Waals surface area contributed by atoms with Gasteiger partial charge in [0.2, 0.25) is 0 Å². The fourth-order valence-corrected chi connectivity index (χ4v) is 2.96. The first-order valence-electron chi connectivity index (χ1n) is 9.78. The zero-order valence-electron chi connectivity index (χ0n) is 17.7. The maximum absolute atomic E-state index is 13.6. The number of nitrogens with zero attached hydrogens (tertiary/aromatic N) is 3. The topological polar surface area (TPSA) is 86.1 Å². The van der Waals surface area contributed by atoms with Crippen LogP contribution in [0.2, 0.25) is 0 Å². The number of anilines is 1. The van der Waals surface area contributed by atoms with E-state index < -0.39 is 24.3 Å². The van der Waals surface area contributed by atoms with Crippen LogP contribution in [0.5, 0.6) is 0 Å². The molecule has 1 amide bonds. The summed E-state index contributed by atoms with van der Waals surface area (Å²) in [5.74, 6) is -1.53. The molecule has 0 unspecified atom stereocenters. The van der Waals surface area contributed by atoms with E-state index >= 15 is 0 Å². The largest absolute Gasteiger partial charge is 0.452 e.